The Bertz CT molecular complexity index is 499. The molecule has 0 saturated carbocycles. The molecule has 1 fully saturated rings. The number of ether oxygens (including phenoxy) is 1. The molecule has 5 nitrogen and oxygen atoms in total. The first-order chi connectivity index (χ1) is 8.49. The third kappa shape index (κ3) is 3.01. The second kappa shape index (κ2) is 5.26. The second-order valence-corrected chi connectivity index (χ2v) is 6.45. The van der Waals surface area contributed by atoms with E-state index < -0.39 is 10.0 Å². The first-order valence-corrected chi connectivity index (χ1v) is 7.51. The quantitative estimate of drug-likeness (QED) is 0.825. The smallest absolute Gasteiger partial charge is 0.218 e. The van der Waals surface area contributed by atoms with Gasteiger partial charge >= 0.3 is 0 Å². The summed E-state index contributed by atoms with van der Waals surface area (Å²) in [6.07, 6.45) is 0. The fourth-order valence-corrected chi connectivity index (χ4v) is 3.77. The van der Waals surface area contributed by atoms with Gasteiger partial charge in [-0.3, -0.25) is 0 Å². The van der Waals surface area contributed by atoms with E-state index >= 15 is 0 Å². The van der Waals surface area contributed by atoms with Crippen LogP contribution >= 0.6 is 0 Å². The van der Waals surface area contributed by atoms with E-state index in [0.717, 1.165) is 5.56 Å². The Morgan fingerprint density at radius 3 is 2.67 bits per heavy atom. The van der Waals surface area contributed by atoms with Gasteiger partial charge in [0.2, 0.25) is 10.0 Å². The van der Waals surface area contributed by atoms with Gasteiger partial charge in [-0.05, 0) is 24.6 Å². The van der Waals surface area contributed by atoms with Gasteiger partial charge in [0.05, 0.1) is 19.0 Å². The van der Waals surface area contributed by atoms with Crippen molar-refractivity contribution in [3.63, 3.8) is 0 Å². The second-order valence-electron chi connectivity index (χ2n) is 4.53. The topological polar surface area (TPSA) is 72.6 Å². The third-order valence-corrected chi connectivity index (χ3v) is 4.95. The van der Waals surface area contributed by atoms with E-state index in [1.54, 1.807) is 24.3 Å². The molecular weight excluding hydrogens is 252 g/mol. The Labute approximate surface area is 108 Å². The fraction of sp³-hybridized carbons (Fsp3) is 0.500. The lowest BCUT2D eigenvalue weighted by molar-refractivity contribution is 0.0392. The summed E-state index contributed by atoms with van der Waals surface area (Å²) < 4.78 is 31.4. The molecule has 0 amide bonds. The summed E-state index contributed by atoms with van der Waals surface area (Å²) >= 11 is 0. The van der Waals surface area contributed by atoms with E-state index in [9.17, 15) is 8.42 Å². The van der Waals surface area contributed by atoms with Gasteiger partial charge in [-0.15, -0.1) is 0 Å². The van der Waals surface area contributed by atoms with Crippen LogP contribution in [-0.2, 0) is 20.5 Å². The van der Waals surface area contributed by atoms with E-state index in [1.807, 2.05) is 6.92 Å². The maximum Gasteiger partial charge on any atom is 0.218 e. The van der Waals surface area contributed by atoms with E-state index in [1.165, 1.54) is 4.31 Å². The minimum absolute atomic E-state index is 0.0115. The number of anilines is 1. The standard InChI is InChI=1S/C12H18N2O3S/c1-10-8-17-7-6-14(10)18(15,16)9-11-2-4-12(13)5-3-11/h2-5,10H,6-9,13H2,1H3. The lowest BCUT2D eigenvalue weighted by Crippen LogP contribution is -2.47. The van der Waals surface area contributed by atoms with Crippen molar-refractivity contribution in [2.75, 3.05) is 25.5 Å². The molecule has 1 aromatic carbocycles. The predicted molar refractivity (Wildman–Crippen MR) is 70.5 cm³/mol. The maximum atomic E-state index is 12.3. The molecule has 1 unspecified atom stereocenters. The summed E-state index contributed by atoms with van der Waals surface area (Å²) in [7, 11) is -3.29. The molecule has 0 radical (unpaired) electrons. The van der Waals surface area contributed by atoms with Gasteiger partial charge in [0.1, 0.15) is 0 Å². The summed E-state index contributed by atoms with van der Waals surface area (Å²) in [5.41, 5.74) is 6.97. The minimum Gasteiger partial charge on any atom is -0.399 e. The van der Waals surface area contributed by atoms with E-state index in [-0.39, 0.29) is 11.8 Å². The maximum absolute atomic E-state index is 12.3. The Balaban J connectivity index is 2.13. The van der Waals surface area contributed by atoms with E-state index in [4.69, 9.17) is 10.5 Å². The van der Waals surface area contributed by atoms with E-state index in [0.29, 0.717) is 25.4 Å². The van der Waals surface area contributed by atoms with Gasteiger partial charge in [-0.25, -0.2) is 8.42 Å². The molecule has 1 aliphatic heterocycles. The highest BCUT2D eigenvalue weighted by Crippen LogP contribution is 2.17. The van der Waals surface area contributed by atoms with Crippen molar-refractivity contribution < 1.29 is 13.2 Å². The number of nitrogens with two attached hydrogens (primary N) is 1. The number of nitrogen functional groups attached to an aromatic ring is 1. The van der Waals surface area contributed by atoms with E-state index in [2.05, 4.69) is 0 Å². The number of sulfonamides is 1. The molecule has 0 aromatic heterocycles. The van der Waals surface area contributed by atoms with Crippen molar-refractivity contribution >= 4 is 15.7 Å². The van der Waals surface area contributed by atoms with Crippen LogP contribution in [0.2, 0.25) is 0 Å². The van der Waals surface area contributed by atoms with Gasteiger partial charge in [0.25, 0.3) is 0 Å². The van der Waals surface area contributed by atoms with Crippen LogP contribution in [0.1, 0.15) is 12.5 Å². The number of rotatable bonds is 3. The normalized spacial score (nSPS) is 21.9. The first kappa shape index (κ1) is 13.3. The Kier molecular flexibility index (Phi) is 3.89. The van der Waals surface area contributed by atoms with Crippen LogP contribution in [-0.4, -0.2) is 38.5 Å². The number of hydrogen-bond acceptors (Lipinski definition) is 4. The number of morpholine rings is 1. The average Bonchev–Trinajstić information content (AvgIpc) is 2.32. The highest BCUT2D eigenvalue weighted by molar-refractivity contribution is 7.88. The largest absolute Gasteiger partial charge is 0.399 e. The predicted octanol–water partition coefficient (Wildman–Crippen LogP) is 0.819. The molecule has 1 saturated heterocycles. The van der Waals surface area contributed by atoms with Crippen LogP contribution < -0.4 is 5.73 Å². The summed E-state index contributed by atoms with van der Waals surface area (Å²) in [6.45, 7) is 3.21. The summed E-state index contributed by atoms with van der Waals surface area (Å²) in [6, 6.07) is 6.83. The highest BCUT2D eigenvalue weighted by Gasteiger charge is 2.29. The SMILES string of the molecule is CC1COCCN1S(=O)(=O)Cc1ccc(N)cc1. The third-order valence-electron chi connectivity index (χ3n) is 2.99. The zero-order valence-corrected chi connectivity index (χ0v) is 11.2. The molecule has 0 aliphatic carbocycles. The van der Waals surface area contributed by atoms with Crippen LogP contribution in [0.5, 0.6) is 0 Å². The van der Waals surface area contributed by atoms with Crippen molar-refractivity contribution in [2.45, 2.75) is 18.7 Å². The molecule has 1 heterocycles. The van der Waals surface area contributed by atoms with Crippen molar-refractivity contribution in [1.82, 2.24) is 4.31 Å². The molecule has 1 aromatic rings. The highest BCUT2D eigenvalue weighted by atomic mass is 32.2. The molecule has 1 aliphatic rings. The number of nitrogens with zero attached hydrogens (tertiary/aromatic N) is 1. The Hall–Kier alpha value is -1.11. The molecule has 2 rings (SSSR count). The molecule has 100 valence electrons. The fourth-order valence-electron chi connectivity index (χ4n) is 2.03. The Morgan fingerprint density at radius 1 is 1.39 bits per heavy atom. The molecule has 18 heavy (non-hydrogen) atoms. The van der Waals surface area contributed by atoms with Crippen molar-refractivity contribution in [3.8, 4) is 0 Å². The summed E-state index contributed by atoms with van der Waals surface area (Å²) in [5.74, 6) is 0.0115. The van der Waals surface area contributed by atoms with Crippen molar-refractivity contribution in [3.05, 3.63) is 29.8 Å². The number of benzene rings is 1. The van der Waals surface area contributed by atoms with Crippen LogP contribution in [0.3, 0.4) is 0 Å². The monoisotopic (exact) mass is 270 g/mol. The van der Waals surface area contributed by atoms with Gasteiger partial charge in [0.15, 0.2) is 0 Å². The molecule has 2 N–H and O–H groups in total. The summed E-state index contributed by atoms with van der Waals surface area (Å²) in [4.78, 5) is 0. The first-order valence-electron chi connectivity index (χ1n) is 5.91. The zero-order chi connectivity index (χ0) is 13.2. The van der Waals surface area contributed by atoms with Gasteiger partial charge in [-0.1, -0.05) is 12.1 Å². The van der Waals surface area contributed by atoms with Crippen molar-refractivity contribution in [2.24, 2.45) is 0 Å². The average molecular weight is 270 g/mol. The van der Waals surface area contributed by atoms with Crippen LogP contribution in [0.25, 0.3) is 0 Å². The Morgan fingerprint density at radius 2 is 2.06 bits per heavy atom. The molecule has 0 bridgehead atoms. The minimum atomic E-state index is -3.29. The van der Waals surface area contributed by atoms with Crippen molar-refractivity contribution in [1.29, 1.82) is 0 Å². The molecule has 0 spiro atoms. The van der Waals surface area contributed by atoms with Crippen LogP contribution in [0.4, 0.5) is 5.69 Å². The molecule has 6 heteroatoms. The lowest BCUT2D eigenvalue weighted by atomic mass is 10.2. The van der Waals surface area contributed by atoms with Gasteiger partial charge in [0, 0.05) is 18.3 Å². The molecular formula is C12H18N2O3S. The number of hydrogen-bond donors (Lipinski definition) is 1. The molecule has 1 atom stereocenters. The van der Waals surface area contributed by atoms with Crippen LogP contribution in [0.15, 0.2) is 24.3 Å². The van der Waals surface area contributed by atoms with Gasteiger partial charge in [-0.2, -0.15) is 4.31 Å². The van der Waals surface area contributed by atoms with Gasteiger partial charge < -0.3 is 10.5 Å². The summed E-state index contributed by atoms with van der Waals surface area (Å²) in [5, 5.41) is 0. The van der Waals surface area contributed by atoms with Crippen LogP contribution in [0, 0.1) is 0 Å². The lowest BCUT2D eigenvalue weighted by Gasteiger charge is -2.32. The zero-order valence-electron chi connectivity index (χ0n) is 10.4.